The summed E-state index contributed by atoms with van der Waals surface area (Å²) in [7, 11) is 0. The van der Waals surface area contributed by atoms with Crippen LogP contribution in [0.1, 0.15) is 47.4 Å². The van der Waals surface area contributed by atoms with E-state index in [2.05, 4.69) is 0 Å². The van der Waals surface area contributed by atoms with Crippen LogP contribution in [0.5, 0.6) is 11.5 Å². The first-order chi connectivity index (χ1) is 15.4. The molecular formula is C24H28Cl2N2O4. The highest BCUT2D eigenvalue weighted by molar-refractivity contribution is 6.31. The molecule has 0 aliphatic carbocycles. The first-order valence-electron chi connectivity index (χ1n) is 10.9. The van der Waals surface area contributed by atoms with E-state index in [-0.39, 0.29) is 11.8 Å². The van der Waals surface area contributed by atoms with E-state index in [0.717, 1.165) is 12.8 Å². The fraction of sp³-hybridized carbons (Fsp3) is 0.417. The quantitative estimate of drug-likeness (QED) is 0.524. The molecular weight excluding hydrogens is 451 g/mol. The Morgan fingerprint density at radius 2 is 1.12 bits per heavy atom. The van der Waals surface area contributed by atoms with Gasteiger partial charge in [-0.15, -0.1) is 0 Å². The highest BCUT2D eigenvalue weighted by atomic mass is 35.5. The molecule has 1 aliphatic heterocycles. The van der Waals surface area contributed by atoms with E-state index in [1.165, 1.54) is 0 Å². The first-order valence-corrected chi connectivity index (χ1v) is 11.6. The third-order valence-corrected chi connectivity index (χ3v) is 5.59. The minimum Gasteiger partial charge on any atom is -0.493 e. The molecule has 0 saturated carbocycles. The number of amides is 2. The van der Waals surface area contributed by atoms with Crippen LogP contribution in [-0.4, -0.2) is 61.0 Å². The number of nitrogens with zero attached hydrogens (tertiary/aromatic N) is 2. The molecule has 0 atom stereocenters. The largest absolute Gasteiger partial charge is 0.493 e. The van der Waals surface area contributed by atoms with Gasteiger partial charge in [0.05, 0.1) is 24.3 Å². The van der Waals surface area contributed by atoms with Crippen LogP contribution in [0.25, 0.3) is 0 Å². The van der Waals surface area contributed by atoms with Crippen molar-refractivity contribution in [2.45, 2.75) is 26.7 Å². The Kier molecular flexibility index (Phi) is 8.65. The van der Waals surface area contributed by atoms with E-state index in [9.17, 15) is 9.59 Å². The molecule has 1 aliphatic rings. The van der Waals surface area contributed by atoms with Crippen molar-refractivity contribution in [3.63, 3.8) is 0 Å². The smallest absolute Gasteiger partial charge is 0.257 e. The Morgan fingerprint density at radius 1 is 0.750 bits per heavy atom. The zero-order chi connectivity index (χ0) is 23.1. The molecule has 6 nitrogen and oxygen atoms in total. The van der Waals surface area contributed by atoms with Gasteiger partial charge >= 0.3 is 0 Å². The number of rotatable bonds is 8. The lowest BCUT2D eigenvalue weighted by molar-refractivity contribution is 0.0530. The number of benzene rings is 2. The molecule has 1 heterocycles. The minimum atomic E-state index is -0.152. The van der Waals surface area contributed by atoms with Crippen molar-refractivity contribution in [3.8, 4) is 11.5 Å². The van der Waals surface area contributed by atoms with Gasteiger partial charge in [-0.05, 0) is 49.2 Å². The number of hydrogen-bond acceptors (Lipinski definition) is 4. The van der Waals surface area contributed by atoms with Crippen LogP contribution in [-0.2, 0) is 0 Å². The van der Waals surface area contributed by atoms with Gasteiger partial charge < -0.3 is 19.3 Å². The van der Waals surface area contributed by atoms with Crippen molar-refractivity contribution in [2.75, 3.05) is 39.4 Å². The van der Waals surface area contributed by atoms with Crippen molar-refractivity contribution in [3.05, 3.63) is 57.6 Å². The monoisotopic (exact) mass is 478 g/mol. The Hall–Kier alpha value is -2.44. The van der Waals surface area contributed by atoms with Crippen molar-refractivity contribution < 1.29 is 19.1 Å². The van der Waals surface area contributed by atoms with Crippen LogP contribution < -0.4 is 9.47 Å². The van der Waals surface area contributed by atoms with E-state index in [1.54, 1.807) is 46.2 Å². The molecule has 0 spiro atoms. The standard InChI is InChI=1S/C24H28Cl2N2O4/c1-3-13-31-21-7-5-17(25)15-19(21)23(29)27-9-11-28(12-10-27)24(30)20-16-18(26)6-8-22(20)32-14-4-2/h5-8,15-16H,3-4,9-14H2,1-2H3. The lowest BCUT2D eigenvalue weighted by Gasteiger charge is -2.35. The van der Waals surface area contributed by atoms with E-state index < -0.39 is 0 Å². The Morgan fingerprint density at radius 3 is 1.47 bits per heavy atom. The van der Waals surface area contributed by atoms with E-state index in [0.29, 0.717) is 72.1 Å². The zero-order valence-electron chi connectivity index (χ0n) is 18.4. The van der Waals surface area contributed by atoms with Crippen LogP contribution in [0, 0.1) is 0 Å². The molecule has 32 heavy (non-hydrogen) atoms. The van der Waals surface area contributed by atoms with Crippen LogP contribution in [0.3, 0.4) is 0 Å². The third-order valence-electron chi connectivity index (χ3n) is 5.12. The molecule has 1 saturated heterocycles. The topological polar surface area (TPSA) is 59.1 Å². The number of halogens is 2. The molecule has 0 bridgehead atoms. The lowest BCUT2D eigenvalue weighted by Crippen LogP contribution is -2.50. The molecule has 2 aromatic rings. The molecule has 3 rings (SSSR count). The molecule has 2 aromatic carbocycles. The second-order valence-corrected chi connectivity index (χ2v) is 8.44. The molecule has 172 valence electrons. The third kappa shape index (κ3) is 5.87. The molecule has 0 unspecified atom stereocenters. The maximum absolute atomic E-state index is 13.1. The molecule has 2 amide bonds. The zero-order valence-corrected chi connectivity index (χ0v) is 19.9. The maximum Gasteiger partial charge on any atom is 0.257 e. The van der Waals surface area contributed by atoms with E-state index in [4.69, 9.17) is 32.7 Å². The summed E-state index contributed by atoms with van der Waals surface area (Å²) in [6.07, 6.45) is 1.68. The summed E-state index contributed by atoms with van der Waals surface area (Å²) < 4.78 is 11.5. The van der Waals surface area contributed by atoms with Crippen LogP contribution in [0.4, 0.5) is 0 Å². The summed E-state index contributed by atoms with van der Waals surface area (Å²) in [6.45, 7) is 6.70. The number of carbonyl (C=O) groups is 2. The predicted octanol–water partition coefficient (Wildman–Crippen LogP) is 5.17. The van der Waals surface area contributed by atoms with Gasteiger partial charge in [0.25, 0.3) is 11.8 Å². The van der Waals surface area contributed by atoms with Gasteiger partial charge in [0, 0.05) is 36.2 Å². The molecule has 0 radical (unpaired) electrons. The van der Waals surface area contributed by atoms with Crippen molar-refractivity contribution in [2.24, 2.45) is 0 Å². The predicted molar refractivity (Wildman–Crippen MR) is 126 cm³/mol. The van der Waals surface area contributed by atoms with Gasteiger partial charge in [0.15, 0.2) is 0 Å². The SMILES string of the molecule is CCCOc1ccc(Cl)cc1C(=O)N1CCN(C(=O)c2cc(Cl)ccc2OCCC)CC1. The van der Waals surface area contributed by atoms with Crippen molar-refractivity contribution in [1.29, 1.82) is 0 Å². The van der Waals surface area contributed by atoms with Gasteiger partial charge in [-0.25, -0.2) is 0 Å². The van der Waals surface area contributed by atoms with Gasteiger partial charge in [0.2, 0.25) is 0 Å². The maximum atomic E-state index is 13.1. The minimum absolute atomic E-state index is 0.152. The number of carbonyl (C=O) groups excluding carboxylic acids is 2. The molecule has 1 fully saturated rings. The second-order valence-electron chi connectivity index (χ2n) is 7.56. The van der Waals surface area contributed by atoms with Gasteiger partial charge in [-0.1, -0.05) is 37.0 Å². The fourth-order valence-electron chi connectivity index (χ4n) is 3.47. The summed E-state index contributed by atoms with van der Waals surface area (Å²) in [6, 6.07) is 10.1. The average molecular weight is 479 g/mol. The highest BCUT2D eigenvalue weighted by Gasteiger charge is 2.28. The number of hydrogen-bond donors (Lipinski definition) is 0. The molecule has 8 heteroatoms. The number of piperazine rings is 1. The highest BCUT2D eigenvalue weighted by Crippen LogP contribution is 2.27. The van der Waals surface area contributed by atoms with Gasteiger partial charge in [0.1, 0.15) is 11.5 Å². The second kappa shape index (κ2) is 11.4. The Bertz CT molecular complexity index is 882. The average Bonchev–Trinajstić information content (AvgIpc) is 2.81. The van der Waals surface area contributed by atoms with E-state index >= 15 is 0 Å². The fourth-order valence-corrected chi connectivity index (χ4v) is 3.81. The summed E-state index contributed by atoms with van der Waals surface area (Å²) in [4.78, 5) is 29.7. The van der Waals surface area contributed by atoms with Gasteiger partial charge in [-0.3, -0.25) is 9.59 Å². The van der Waals surface area contributed by atoms with Crippen LogP contribution in [0.2, 0.25) is 10.0 Å². The Balaban J connectivity index is 1.69. The van der Waals surface area contributed by atoms with Crippen molar-refractivity contribution in [1.82, 2.24) is 9.80 Å². The molecule has 0 aromatic heterocycles. The summed E-state index contributed by atoms with van der Waals surface area (Å²) in [5.74, 6) is 0.744. The van der Waals surface area contributed by atoms with Gasteiger partial charge in [-0.2, -0.15) is 0 Å². The summed E-state index contributed by atoms with van der Waals surface area (Å²) in [5.41, 5.74) is 0.881. The summed E-state index contributed by atoms with van der Waals surface area (Å²) >= 11 is 12.3. The number of ether oxygens (including phenoxy) is 2. The lowest BCUT2D eigenvalue weighted by atomic mass is 10.1. The first kappa shape index (κ1) is 24.2. The Labute approximate surface area is 199 Å². The molecule has 0 N–H and O–H groups in total. The van der Waals surface area contributed by atoms with Crippen molar-refractivity contribution >= 4 is 35.0 Å². The van der Waals surface area contributed by atoms with Crippen LogP contribution in [0.15, 0.2) is 36.4 Å². The normalized spacial score (nSPS) is 13.8. The van der Waals surface area contributed by atoms with Crippen LogP contribution >= 0.6 is 23.2 Å². The van der Waals surface area contributed by atoms with E-state index in [1.807, 2.05) is 13.8 Å². The summed E-state index contributed by atoms with van der Waals surface area (Å²) in [5, 5.41) is 0.957.